The molecule has 4 nitrogen and oxygen atoms in total. The highest BCUT2D eigenvalue weighted by atomic mass is 19.4. The molecule has 0 spiro atoms. The van der Waals surface area contributed by atoms with Gasteiger partial charge in [-0.3, -0.25) is 0 Å². The van der Waals surface area contributed by atoms with Gasteiger partial charge in [-0.05, 0) is 30.7 Å². The SMILES string of the molecule is Cc1nnc2c(-c3ccc(F)c(C(F)(F)F)c3)ccnn12. The maximum Gasteiger partial charge on any atom is 0.419 e. The van der Waals surface area contributed by atoms with Gasteiger partial charge >= 0.3 is 6.18 Å². The van der Waals surface area contributed by atoms with E-state index in [1.165, 1.54) is 22.8 Å². The summed E-state index contributed by atoms with van der Waals surface area (Å²) in [6.07, 6.45) is -3.33. The lowest BCUT2D eigenvalue weighted by Gasteiger charge is -2.10. The Balaban J connectivity index is 2.24. The molecule has 2 heterocycles. The molecule has 108 valence electrons. The van der Waals surface area contributed by atoms with Crippen LogP contribution in [0.3, 0.4) is 0 Å². The zero-order valence-corrected chi connectivity index (χ0v) is 10.7. The molecule has 0 aliphatic carbocycles. The standard InChI is InChI=1S/C13H8F4N4/c1-7-19-20-12-9(4-5-18-21(7)12)8-2-3-11(14)10(6-8)13(15,16)17/h2-6H,1H3. The smallest absolute Gasteiger partial charge is 0.206 e. The number of alkyl halides is 3. The minimum atomic E-state index is -4.76. The van der Waals surface area contributed by atoms with E-state index >= 15 is 0 Å². The minimum Gasteiger partial charge on any atom is -0.206 e. The van der Waals surface area contributed by atoms with Crippen molar-refractivity contribution >= 4 is 5.65 Å². The summed E-state index contributed by atoms with van der Waals surface area (Å²) >= 11 is 0. The van der Waals surface area contributed by atoms with Gasteiger partial charge in [0.05, 0.1) is 5.56 Å². The first-order valence-electron chi connectivity index (χ1n) is 5.92. The third-order valence-electron chi connectivity index (χ3n) is 3.04. The molecule has 21 heavy (non-hydrogen) atoms. The van der Waals surface area contributed by atoms with Gasteiger partial charge in [-0.2, -0.15) is 22.8 Å². The molecule has 0 amide bonds. The fraction of sp³-hybridized carbons (Fsp3) is 0.154. The molecule has 0 radical (unpaired) electrons. The molecule has 3 rings (SSSR count). The Morgan fingerprint density at radius 2 is 1.86 bits per heavy atom. The Bertz CT molecular complexity index is 823. The zero-order valence-electron chi connectivity index (χ0n) is 10.7. The second-order valence-electron chi connectivity index (χ2n) is 4.42. The van der Waals surface area contributed by atoms with Crippen molar-refractivity contribution in [1.29, 1.82) is 0 Å². The van der Waals surface area contributed by atoms with Gasteiger partial charge in [0, 0.05) is 11.8 Å². The number of rotatable bonds is 1. The molecule has 0 atom stereocenters. The van der Waals surface area contributed by atoms with Gasteiger partial charge < -0.3 is 0 Å². The van der Waals surface area contributed by atoms with E-state index in [1.807, 2.05) is 0 Å². The zero-order chi connectivity index (χ0) is 15.2. The van der Waals surface area contributed by atoms with Crippen LogP contribution in [-0.2, 0) is 6.18 Å². The number of halogens is 4. The minimum absolute atomic E-state index is 0.198. The number of aryl methyl sites for hydroxylation is 1. The van der Waals surface area contributed by atoms with Crippen LogP contribution in [0.2, 0.25) is 0 Å². The van der Waals surface area contributed by atoms with Gasteiger partial charge in [0.25, 0.3) is 0 Å². The number of nitrogens with zero attached hydrogens (tertiary/aromatic N) is 4. The summed E-state index contributed by atoms with van der Waals surface area (Å²) in [4.78, 5) is 0. The highest BCUT2D eigenvalue weighted by Crippen LogP contribution is 2.34. The van der Waals surface area contributed by atoms with Gasteiger partial charge in [-0.25, -0.2) is 4.39 Å². The predicted molar refractivity (Wildman–Crippen MR) is 65.9 cm³/mol. The van der Waals surface area contributed by atoms with Crippen molar-refractivity contribution in [2.75, 3.05) is 0 Å². The Morgan fingerprint density at radius 1 is 1.10 bits per heavy atom. The van der Waals surface area contributed by atoms with E-state index in [9.17, 15) is 17.6 Å². The quantitative estimate of drug-likeness (QED) is 0.647. The first kappa shape index (κ1) is 13.5. The highest BCUT2D eigenvalue weighted by Gasteiger charge is 2.34. The molecule has 0 bridgehead atoms. The Hall–Kier alpha value is -2.51. The molecular weight excluding hydrogens is 288 g/mol. The molecule has 8 heteroatoms. The fourth-order valence-corrected chi connectivity index (χ4v) is 2.05. The summed E-state index contributed by atoms with van der Waals surface area (Å²) in [6.45, 7) is 1.67. The van der Waals surface area contributed by atoms with Crippen molar-refractivity contribution < 1.29 is 17.6 Å². The molecule has 0 saturated heterocycles. The molecule has 0 fully saturated rings. The van der Waals surface area contributed by atoms with E-state index in [4.69, 9.17) is 0 Å². The molecule has 3 aromatic rings. The van der Waals surface area contributed by atoms with Crippen LogP contribution in [0.25, 0.3) is 16.8 Å². The lowest BCUT2D eigenvalue weighted by molar-refractivity contribution is -0.139. The fourth-order valence-electron chi connectivity index (χ4n) is 2.05. The van der Waals surface area contributed by atoms with Crippen LogP contribution >= 0.6 is 0 Å². The molecule has 1 aromatic carbocycles. The number of benzene rings is 1. The number of fused-ring (bicyclic) bond motifs is 1. The van der Waals surface area contributed by atoms with Crippen molar-refractivity contribution in [3.63, 3.8) is 0 Å². The maximum atomic E-state index is 13.3. The third kappa shape index (κ3) is 2.22. The second kappa shape index (κ2) is 4.51. The first-order chi connectivity index (χ1) is 9.88. The average Bonchev–Trinajstić information content (AvgIpc) is 2.80. The summed E-state index contributed by atoms with van der Waals surface area (Å²) in [5, 5.41) is 11.7. The number of hydrogen-bond acceptors (Lipinski definition) is 3. The van der Waals surface area contributed by atoms with Crippen molar-refractivity contribution in [3.8, 4) is 11.1 Å². The van der Waals surface area contributed by atoms with Crippen LogP contribution < -0.4 is 0 Å². The van der Waals surface area contributed by atoms with Crippen LogP contribution in [0.4, 0.5) is 17.6 Å². The Morgan fingerprint density at radius 3 is 2.57 bits per heavy atom. The highest BCUT2D eigenvalue weighted by molar-refractivity contribution is 5.77. The van der Waals surface area contributed by atoms with E-state index in [1.54, 1.807) is 6.92 Å². The molecule has 0 unspecified atom stereocenters. The molecule has 2 aromatic heterocycles. The van der Waals surface area contributed by atoms with Gasteiger partial charge in [0.1, 0.15) is 5.82 Å². The average molecular weight is 296 g/mol. The van der Waals surface area contributed by atoms with Crippen molar-refractivity contribution in [2.45, 2.75) is 13.1 Å². The van der Waals surface area contributed by atoms with Gasteiger partial charge in [0.2, 0.25) is 0 Å². The van der Waals surface area contributed by atoms with Gasteiger partial charge in [0.15, 0.2) is 11.5 Å². The van der Waals surface area contributed by atoms with Crippen molar-refractivity contribution in [2.24, 2.45) is 0 Å². The van der Waals surface area contributed by atoms with Crippen LogP contribution in [0.1, 0.15) is 11.4 Å². The number of aromatic nitrogens is 4. The van der Waals surface area contributed by atoms with E-state index in [2.05, 4.69) is 15.3 Å². The molecule has 0 aliphatic heterocycles. The van der Waals surface area contributed by atoms with Crippen LogP contribution in [0.15, 0.2) is 30.5 Å². The molecule has 0 N–H and O–H groups in total. The van der Waals surface area contributed by atoms with Crippen LogP contribution in [0, 0.1) is 12.7 Å². The summed E-state index contributed by atoms with van der Waals surface area (Å²) in [5.74, 6) is -0.806. The van der Waals surface area contributed by atoms with Crippen molar-refractivity contribution in [1.82, 2.24) is 19.8 Å². The number of hydrogen-bond donors (Lipinski definition) is 0. The second-order valence-corrected chi connectivity index (χ2v) is 4.42. The monoisotopic (exact) mass is 296 g/mol. The van der Waals surface area contributed by atoms with Gasteiger partial charge in [-0.15, -0.1) is 10.2 Å². The van der Waals surface area contributed by atoms with Crippen molar-refractivity contribution in [3.05, 3.63) is 47.7 Å². The van der Waals surface area contributed by atoms with E-state index < -0.39 is 17.6 Å². The lowest BCUT2D eigenvalue weighted by atomic mass is 10.0. The van der Waals surface area contributed by atoms with Crippen LogP contribution in [0.5, 0.6) is 0 Å². The third-order valence-corrected chi connectivity index (χ3v) is 3.04. The first-order valence-corrected chi connectivity index (χ1v) is 5.92. The molecular formula is C13H8F4N4. The largest absolute Gasteiger partial charge is 0.419 e. The maximum absolute atomic E-state index is 13.3. The normalized spacial score (nSPS) is 12.0. The summed E-state index contributed by atoms with van der Waals surface area (Å²) in [5.41, 5.74) is -0.402. The topological polar surface area (TPSA) is 43.1 Å². The van der Waals surface area contributed by atoms with Crippen LogP contribution in [-0.4, -0.2) is 19.8 Å². The predicted octanol–water partition coefficient (Wildman–Crippen LogP) is 3.26. The summed E-state index contributed by atoms with van der Waals surface area (Å²) in [7, 11) is 0. The summed E-state index contributed by atoms with van der Waals surface area (Å²) in [6, 6.07) is 4.33. The van der Waals surface area contributed by atoms with E-state index in [0.717, 1.165) is 12.1 Å². The molecule has 0 aliphatic rings. The molecule has 0 saturated carbocycles. The van der Waals surface area contributed by atoms with E-state index in [0.29, 0.717) is 17.0 Å². The lowest BCUT2D eigenvalue weighted by Crippen LogP contribution is -2.08. The Labute approximate surface area is 116 Å². The van der Waals surface area contributed by atoms with Gasteiger partial charge in [-0.1, -0.05) is 6.07 Å². The Kier molecular flexibility index (Phi) is 2.89. The summed E-state index contributed by atoms with van der Waals surface area (Å²) < 4.78 is 53.1. The van der Waals surface area contributed by atoms with E-state index in [-0.39, 0.29) is 5.56 Å².